The van der Waals surface area contributed by atoms with E-state index in [1.807, 2.05) is 72.8 Å². The molecule has 0 amide bonds. The highest BCUT2D eigenvalue weighted by atomic mass is 32.2. The summed E-state index contributed by atoms with van der Waals surface area (Å²) in [6.45, 7) is 20.0. The highest BCUT2D eigenvalue weighted by molar-refractivity contribution is 7.99. The van der Waals surface area contributed by atoms with Crippen LogP contribution in [-0.2, 0) is 38.1 Å². The largest absolute Gasteiger partial charge is 0.490 e. The van der Waals surface area contributed by atoms with Gasteiger partial charge in [-0.2, -0.15) is 0 Å². The van der Waals surface area contributed by atoms with Crippen molar-refractivity contribution in [3.8, 4) is 11.5 Å². The molecule has 0 aliphatic rings. The number of carbonyl (C=O) groups excluding carboxylic acids is 4. The zero-order chi connectivity index (χ0) is 38.2. The first kappa shape index (κ1) is 41.2. The third-order valence-electron chi connectivity index (χ3n) is 6.56. The van der Waals surface area contributed by atoms with Crippen LogP contribution in [-0.4, -0.2) is 62.5 Å². The SMILES string of the molecule is C=C(C)C(=O)OCC(COc1ccc(Sc2ccc(Sc3ccc(OCC(COC(=O)C(=C)C)OC(=O)C(=C)C)cc3)cc2)cc1)OC(=O)C(=C)C. The molecule has 10 nitrogen and oxygen atoms in total. The van der Waals surface area contributed by atoms with Gasteiger partial charge in [-0.3, -0.25) is 0 Å². The van der Waals surface area contributed by atoms with Crippen molar-refractivity contribution in [1.29, 1.82) is 0 Å². The van der Waals surface area contributed by atoms with Crippen LogP contribution in [0.5, 0.6) is 11.5 Å². The lowest BCUT2D eigenvalue weighted by atomic mass is 10.3. The third kappa shape index (κ3) is 14.6. The molecule has 2 unspecified atom stereocenters. The molecule has 0 fully saturated rings. The summed E-state index contributed by atoms with van der Waals surface area (Å²) in [5.41, 5.74) is 0.917. The van der Waals surface area contributed by atoms with E-state index in [1.54, 1.807) is 23.5 Å². The van der Waals surface area contributed by atoms with Crippen molar-refractivity contribution in [2.75, 3.05) is 26.4 Å². The molecule has 12 heteroatoms. The van der Waals surface area contributed by atoms with Crippen LogP contribution in [0.3, 0.4) is 0 Å². The van der Waals surface area contributed by atoms with E-state index in [-0.39, 0.29) is 48.7 Å². The van der Waals surface area contributed by atoms with Gasteiger partial charge in [-0.05, 0) is 100 Å². The number of benzene rings is 3. The lowest BCUT2D eigenvalue weighted by Crippen LogP contribution is -2.31. The van der Waals surface area contributed by atoms with Gasteiger partial charge in [-0.15, -0.1) is 0 Å². The summed E-state index contributed by atoms with van der Waals surface area (Å²) in [6, 6.07) is 23.1. The van der Waals surface area contributed by atoms with Crippen LogP contribution in [0.1, 0.15) is 27.7 Å². The highest BCUT2D eigenvalue weighted by Gasteiger charge is 2.20. The molecule has 0 saturated heterocycles. The van der Waals surface area contributed by atoms with Crippen LogP contribution in [0.4, 0.5) is 0 Å². The second-order valence-corrected chi connectivity index (χ2v) is 13.9. The summed E-state index contributed by atoms with van der Waals surface area (Å²) in [5.74, 6) is -1.26. The molecular weight excluding hydrogens is 705 g/mol. The van der Waals surface area contributed by atoms with Gasteiger partial charge in [0.05, 0.1) is 0 Å². The Morgan fingerprint density at radius 1 is 0.462 bits per heavy atom. The van der Waals surface area contributed by atoms with E-state index >= 15 is 0 Å². The maximum Gasteiger partial charge on any atom is 0.333 e. The first-order chi connectivity index (χ1) is 24.7. The molecule has 0 heterocycles. The average molecular weight is 747 g/mol. The second-order valence-electron chi connectivity index (χ2n) is 11.6. The predicted octanol–water partition coefficient (Wildman–Crippen LogP) is 7.96. The van der Waals surface area contributed by atoms with Crippen molar-refractivity contribution < 1.29 is 47.6 Å². The zero-order valence-electron chi connectivity index (χ0n) is 29.6. The van der Waals surface area contributed by atoms with Crippen LogP contribution in [0.25, 0.3) is 0 Å². The first-order valence-electron chi connectivity index (χ1n) is 16.0. The quantitative estimate of drug-likeness (QED) is 0.0633. The van der Waals surface area contributed by atoms with Crippen LogP contribution in [0, 0.1) is 0 Å². The smallest absolute Gasteiger partial charge is 0.333 e. The monoisotopic (exact) mass is 746 g/mol. The Labute approximate surface area is 312 Å². The fraction of sp³-hybridized carbons (Fsp3) is 0.250. The molecule has 0 bridgehead atoms. The minimum atomic E-state index is -0.825. The number of ether oxygens (including phenoxy) is 6. The van der Waals surface area contributed by atoms with Gasteiger partial charge in [0.15, 0.2) is 12.2 Å². The molecule has 0 saturated carbocycles. The maximum atomic E-state index is 12.0. The lowest BCUT2D eigenvalue weighted by Gasteiger charge is -2.19. The zero-order valence-corrected chi connectivity index (χ0v) is 31.3. The number of hydrogen-bond donors (Lipinski definition) is 0. The van der Waals surface area contributed by atoms with Crippen LogP contribution < -0.4 is 9.47 Å². The summed E-state index contributed by atoms with van der Waals surface area (Å²) in [4.78, 5) is 51.8. The molecule has 0 N–H and O–H groups in total. The van der Waals surface area contributed by atoms with Crippen molar-refractivity contribution in [1.82, 2.24) is 0 Å². The fourth-order valence-corrected chi connectivity index (χ4v) is 5.39. The van der Waals surface area contributed by atoms with Gasteiger partial charge < -0.3 is 28.4 Å². The fourth-order valence-electron chi connectivity index (χ4n) is 3.75. The van der Waals surface area contributed by atoms with E-state index < -0.39 is 36.1 Å². The van der Waals surface area contributed by atoms with Crippen molar-refractivity contribution in [2.45, 2.75) is 59.5 Å². The number of esters is 4. The summed E-state index contributed by atoms with van der Waals surface area (Å²) in [7, 11) is 0. The van der Waals surface area contributed by atoms with E-state index in [4.69, 9.17) is 28.4 Å². The van der Waals surface area contributed by atoms with Gasteiger partial charge in [0.1, 0.15) is 37.9 Å². The van der Waals surface area contributed by atoms with E-state index in [0.29, 0.717) is 11.5 Å². The van der Waals surface area contributed by atoms with Crippen molar-refractivity contribution in [3.05, 3.63) is 121 Å². The van der Waals surface area contributed by atoms with Gasteiger partial charge >= 0.3 is 23.9 Å². The summed E-state index contributed by atoms with van der Waals surface area (Å²) in [6.07, 6.45) is -1.65. The Balaban J connectivity index is 1.50. The first-order valence-corrected chi connectivity index (χ1v) is 17.6. The molecule has 2 atom stereocenters. The molecule has 274 valence electrons. The van der Waals surface area contributed by atoms with Gasteiger partial charge in [0, 0.05) is 41.9 Å². The van der Waals surface area contributed by atoms with Gasteiger partial charge in [-0.25, -0.2) is 19.2 Å². The number of carbonyl (C=O) groups is 4. The minimum Gasteiger partial charge on any atom is -0.490 e. The second kappa shape index (κ2) is 20.6. The Morgan fingerprint density at radius 2 is 0.731 bits per heavy atom. The normalized spacial score (nSPS) is 11.6. The number of hydrogen-bond acceptors (Lipinski definition) is 12. The molecule has 3 aromatic rings. The van der Waals surface area contributed by atoms with Crippen molar-refractivity contribution >= 4 is 47.4 Å². The average Bonchev–Trinajstić information content (AvgIpc) is 3.11. The van der Waals surface area contributed by atoms with Crippen LogP contribution in [0.2, 0.25) is 0 Å². The molecule has 0 aliphatic carbocycles. The van der Waals surface area contributed by atoms with Crippen molar-refractivity contribution in [2.24, 2.45) is 0 Å². The Hall–Kier alpha value is -5.20. The summed E-state index contributed by atoms with van der Waals surface area (Å²) >= 11 is 3.18. The van der Waals surface area contributed by atoms with Gasteiger partial charge in [0.25, 0.3) is 0 Å². The topological polar surface area (TPSA) is 124 Å². The maximum absolute atomic E-state index is 12.0. The van der Waals surface area contributed by atoms with Gasteiger partial charge in [0.2, 0.25) is 0 Å². The molecule has 0 spiro atoms. The van der Waals surface area contributed by atoms with Crippen molar-refractivity contribution in [3.63, 3.8) is 0 Å². The molecule has 3 aromatic carbocycles. The third-order valence-corrected chi connectivity index (χ3v) is 8.59. The van der Waals surface area contributed by atoms with E-state index in [9.17, 15) is 19.2 Å². The standard InChI is InChI=1S/C40H42O10S2/c1-25(2)37(41)47-23-31(49-39(43)27(5)6)21-45-29-9-13-33(14-10-29)51-35-17-19-36(20-18-35)52-34-15-11-30(12-16-34)46-22-32(50-40(44)28(7)8)24-48-38(42)26(3)4/h9-20,31-32H,1,3,5,7,21-24H2,2,4,6,8H3. The van der Waals surface area contributed by atoms with E-state index in [0.717, 1.165) is 19.6 Å². The molecule has 0 aliphatic heterocycles. The molecule has 0 radical (unpaired) electrons. The van der Waals surface area contributed by atoms with Crippen LogP contribution in [0.15, 0.2) is 141 Å². The van der Waals surface area contributed by atoms with E-state index in [2.05, 4.69) is 26.3 Å². The lowest BCUT2D eigenvalue weighted by molar-refractivity contribution is -0.155. The molecule has 3 rings (SSSR count). The Morgan fingerprint density at radius 3 is 1.00 bits per heavy atom. The Bertz CT molecular complexity index is 1630. The predicted molar refractivity (Wildman–Crippen MR) is 199 cm³/mol. The molecule has 0 aromatic heterocycles. The summed E-state index contributed by atoms with van der Waals surface area (Å²) in [5, 5.41) is 0. The number of rotatable bonds is 20. The summed E-state index contributed by atoms with van der Waals surface area (Å²) < 4.78 is 32.7. The molecular formula is C40H42O10S2. The Kier molecular flexibility index (Phi) is 16.3. The van der Waals surface area contributed by atoms with E-state index in [1.165, 1.54) is 27.7 Å². The molecule has 52 heavy (non-hydrogen) atoms. The van der Waals surface area contributed by atoms with Gasteiger partial charge in [-0.1, -0.05) is 49.8 Å². The highest BCUT2D eigenvalue weighted by Crippen LogP contribution is 2.33. The van der Waals surface area contributed by atoms with Crippen LogP contribution >= 0.6 is 23.5 Å². The minimum absolute atomic E-state index is 0.0218.